The third-order valence-corrected chi connectivity index (χ3v) is 28.3. The third-order valence-electron chi connectivity index (χ3n) is 27.2. The Labute approximate surface area is 774 Å². The van der Waals surface area contributed by atoms with E-state index in [9.17, 15) is 0 Å². The van der Waals surface area contributed by atoms with Gasteiger partial charge in [-0.15, -0.1) is 29.7 Å². The van der Waals surface area contributed by atoms with E-state index < -0.39 is 0 Å². The standard InChI is InChI=1S/C28H27N3.C28H26N3.C20H18BrN3.C20H19N3.C15H9BrN2.Ir/c2*1-19-9-8-10-20(2)27(19)26-18-29-28-23-12-5-4-11-22(23)24-17-21(13-14-25(24)31(26)28)30-15-6-3-7-16-30;21-19-13-22-20-16-7-3-2-6-15(16)17-12-14(8-9-18(17)24(19)20)23-10-4-1-5-11-23;1-4-11-22(12-5-1)15-8-9-19-18(14-15)16-6-2-3-7-17(16)20-21-10-13-23(19)20;16-10-5-6-14-13(9-10)11-3-1-2-4-12(11)15-17-7-8-18(14)15;/h4-5,8-14,17-18H,3,6-7,15-16H2,1-2H3;4-5,8-11,13-14,17-18H,3,6-7,15-16H2,1-2H3;2-3,6-9,12-13H,1,4-5,10-11H2;2-3,6-10,13-14H,1,4-5,11-12H2;1-9H;/q;-1;;;;. The minimum atomic E-state index is 0. The van der Waals surface area contributed by atoms with Crippen molar-refractivity contribution in [1.82, 2.24) is 46.9 Å². The van der Waals surface area contributed by atoms with Crippen LogP contribution in [0, 0.1) is 33.8 Å². The zero-order valence-corrected chi connectivity index (χ0v) is 78.2. The van der Waals surface area contributed by atoms with Crippen molar-refractivity contribution in [3.8, 4) is 22.5 Å². The number of anilines is 4. The molecule has 0 saturated carbocycles. The van der Waals surface area contributed by atoms with E-state index in [0.29, 0.717) is 0 Å². The van der Waals surface area contributed by atoms with Gasteiger partial charge in [0.05, 0.1) is 51.5 Å². The van der Waals surface area contributed by atoms with Crippen LogP contribution in [0.25, 0.3) is 159 Å². The predicted octanol–water partition coefficient (Wildman–Crippen LogP) is 28.1. The summed E-state index contributed by atoms with van der Waals surface area (Å²) in [7, 11) is 0. The van der Waals surface area contributed by atoms with Crippen LogP contribution in [0.3, 0.4) is 0 Å². The maximum absolute atomic E-state index is 4.92. The summed E-state index contributed by atoms with van der Waals surface area (Å²) in [5.41, 5.74) is 26.5. The smallest absolute Gasteiger partial charge is 0.146 e. The second kappa shape index (κ2) is 35.3. The van der Waals surface area contributed by atoms with Crippen molar-refractivity contribution in [2.24, 2.45) is 0 Å². The molecule has 0 atom stereocenters. The van der Waals surface area contributed by atoms with E-state index in [1.165, 1.54) is 268 Å². The van der Waals surface area contributed by atoms with Gasteiger partial charge < -0.3 is 24.0 Å². The summed E-state index contributed by atoms with van der Waals surface area (Å²) in [6, 6.07) is 91.1. The van der Waals surface area contributed by atoms with Crippen LogP contribution in [-0.4, -0.2) is 99.3 Å². The molecule has 0 bridgehead atoms. The van der Waals surface area contributed by atoms with Crippen molar-refractivity contribution in [3.05, 3.63) is 323 Å². The van der Waals surface area contributed by atoms with E-state index in [1.54, 1.807) is 0 Å². The molecule has 4 aliphatic heterocycles. The van der Waals surface area contributed by atoms with Gasteiger partial charge >= 0.3 is 0 Å². The van der Waals surface area contributed by atoms with Crippen molar-refractivity contribution in [2.75, 3.05) is 72.0 Å². The number of benzene rings is 12. The van der Waals surface area contributed by atoms with E-state index in [0.717, 1.165) is 74.6 Å². The summed E-state index contributed by atoms with van der Waals surface area (Å²) in [5.74, 6) is 0. The Balaban J connectivity index is 0.0000000982. The molecule has 17 heteroatoms. The molecule has 0 unspecified atom stereocenters. The van der Waals surface area contributed by atoms with Gasteiger partial charge in [0.25, 0.3) is 0 Å². The largest absolute Gasteiger partial charge is 0.372 e. The first kappa shape index (κ1) is 82.5. The van der Waals surface area contributed by atoms with Gasteiger partial charge in [-0.05, 0) is 261 Å². The molecule has 4 aliphatic rings. The minimum Gasteiger partial charge on any atom is -0.372 e. The summed E-state index contributed by atoms with van der Waals surface area (Å²) >= 11 is 7.21. The molecule has 0 aliphatic carbocycles. The second-order valence-electron chi connectivity index (χ2n) is 34.9. The molecule has 0 N–H and O–H groups in total. The van der Waals surface area contributed by atoms with Crippen molar-refractivity contribution in [2.45, 2.75) is 105 Å². The fourth-order valence-electron chi connectivity index (χ4n) is 21.1. The van der Waals surface area contributed by atoms with Gasteiger partial charge in [-0.1, -0.05) is 155 Å². The SMILES string of the molecule is Brc1ccc2c(c1)c1ccccc1c1nccn21.Brc1cnc2c3ccccc3c3cc(N4CCCCC4)ccc3n12.Cc1cccc(C)c1-c1cnc2c3[c-]cccc3c3cc(N4CCCCC4)ccc3n12.Cc1cccc(C)c1-c1cnc2c3ccccc3c3cc(N4CCCCC4)ccc3n12.[Ir].c1ccc2c(c1)c1cc(N3CCCCC3)ccc1n1ccnc21. The van der Waals surface area contributed by atoms with Crippen molar-refractivity contribution >= 4 is 191 Å². The van der Waals surface area contributed by atoms with Crippen LogP contribution in [0.15, 0.2) is 295 Å². The summed E-state index contributed by atoms with van der Waals surface area (Å²) in [6.45, 7) is 18.1. The number of hydrogen-bond acceptors (Lipinski definition) is 9. The first-order chi connectivity index (χ1) is 62.5. The maximum atomic E-state index is 4.92. The number of imidazole rings is 5. The topological polar surface area (TPSA) is 99.5 Å². The Morgan fingerprint density at radius 2 is 0.594 bits per heavy atom. The molecule has 22 aromatic rings. The normalized spacial score (nSPS) is 14.5. The molecule has 14 nitrogen and oxygen atoms in total. The minimum absolute atomic E-state index is 0. The summed E-state index contributed by atoms with van der Waals surface area (Å²) in [5, 5.41) is 18.6. The first-order valence-corrected chi connectivity index (χ1v) is 47.0. The van der Waals surface area contributed by atoms with Crippen molar-refractivity contribution in [3.63, 3.8) is 0 Å². The van der Waals surface area contributed by atoms with Crippen LogP contribution < -0.4 is 19.6 Å². The number of aryl methyl sites for hydroxylation is 4. The molecule has 0 amide bonds. The molecular weight excluding hydrogens is 1880 g/mol. The number of halogens is 2. The summed E-state index contributed by atoms with van der Waals surface area (Å²) in [4.78, 5) is 33.6. The number of hydrogen-bond donors (Lipinski definition) is 0. The molecule has 128 heavy (non-hydrogen) atoms. The van der Waals surface area contributed by atoms with Crippen LogP contribution in [0.4, 0.5) is 22.7 Å². The Morgan fingerprint density at radius 1 is 0.273 bits per heavy atom. The molecule has 4 fully saturated rings. The molecule has 637 valence electrons. The first-order valence-electron chi connectivity index (χ1n) is 45.4. The molecule has 10 aromatic heterocycles. The number of pyridine rings is 5. The molecular formula is C111H99Br2IrN14-. The number of rotatable bonds is 6. The van der Waals surface area contributed by atoms with Crippen molar-refractivity contribution < 1.29 is 20.1 Å². The Hall–Kier alpha value is -12.5. The van der Waals surface area contributed by atoms with E-state index >= 15 is 0 Å². The number of nitrogens with zero attached hydrogens (tertiary/aromatic N) is 14. The Kier molecular flexibility index (Phi) is 22.7. The molecule has 4 saturated heterocycles. The Bertz CT molecular complexity index is 7750. The molecule has 12 aromatic carbocycles. The monoisotopic (exact) mass is 1980 g/mol. The number of fused-ring (bicyclic) bond motifs is 30. The second-order valence-corrected chi connectivity index (χ2v) is 36.6. The van der Waals surface area contributed by atoms with Gasteiger partial charge in [0.2, 0.25) is 0 Å². The van der Waals surface area contributed by atoms with Gasteiger partial charge in [0, 0.05) is 190 Å². The molecule has 1 radical (unpaired) electrons. The zero-order valence-electron chi connectivity index (χ0n) is 72.6. The zero-order chi connectivity index (χ0) is 85.3. The van der Waals surface area contributed by atoms with Gasteiger partial charge in [0.15, 0.2) is 0 Å². The van der Waals surface area contributed by atoms with Crippen LogP contribution in [0.1, 0.15) is 99.3 Å². The average molecular weight is 1980 g/mol. The van der Waals surface area contributed by atoms with E-state index in [1.807, 2.05) is 37.1 Å². The fourth-order valence-corrected chi connectivity index (χ4v) is 21.9. The van der Waals surface area contributed by atoms with Crippen LogP contribution in [-0.2, 0) is 20.1 Å². The van der Waals surface area contributed by atoms with E-state index in [-0.39, 0.29) is 20.1 Å². The van der Waals surface area contributed by atoms with E-state index in [4.69, 9.17) is 9.97 Å². The van der Waals surface area contributed by atoms with Crippen LogP contribution >= 0.6 is 31.9 Å². The van der Waals surface area contributed by atoms with Crippen LogP contribution in [0.2, 0.25) is 0 Å². The maximum Gasteiger partial charge on any atom is 0.146 e. The van der Waals surface area contributed by atoms with Gasteiger partial charge in [-0.2, -0.15) is 0 Å². The Morgan fingerprint density at radius 3 is 1.02 bits per heavy atom. The fraction of sp³-hybridized carbons (Fsp3) is 0.216. The number of aromatic nitrogens is 10. The van der Waals surface area contributed by atoms with Gasteiger partial charge in [0.1, 0.15) is 27.2 Å². The molecule has 14 heterocycles. The van der Waals surface area contributed by atoms with E-state index in [2.05, 4.69) is 371 Å². The summed E-state index contributed by atoms with van der Waals surface area (Å²) < 4.78 is 13.4. The van der Waals surface area contributed by atoms with Gasteiger partial charge in [-0.25, -0.2) is 19.9 Å². The predicted molar refractivity (Wildman–Crippen MR) is 539 cm³/mol. The van der Waals surface area contributed by atoms with Gasteiger partial charge in [-0.3, -0.25) is 22.6 Å². The molecule has 0 spiro atoms. The third kappa shape index (κ3) is 14.9. The average Bonchev–Trinajstić information content (AvgIpc) is 1.50. The van der Waals surface area contributed by atoms with Crippen molar-refractivity contribution in [1.29, 1.82) is 0 Å². The van der Waals surface area contributed by atoms with Crippen LogP contribution in [0.5, 0.6) is 0 Å². The number of piperidine rings is 4. The summed E-state index contributed by atoms with van der Waals surface area (Å²) in [6.07, 6.45) is 29.5. The quantitative estimate of drug-likeness (QED) is 0.119. The molecule has 26 rings (SSSR count).